The van der Waals surface area contributed by atoms with E-state index in [1.54, 1.807) is 6.20 Å². The van der Waals surface area contributed by atoms with Gasteiger partial charge in [-0.1, -0.05) is 25.1 Å². The van der Waals surface area contributed by atoms with Crippen molar-refractivity contribution in [3.05, 3.63) is 42.1 Å². The summed E-state index contributed by atoms with van der Waals surface area (Å²) in [5.74, 6) is 0. The van der Waals surface area contributed by atoms with Crippen LogP contribution < -0.4 is 5.32 Å². The Hall–Kier alpha value is -1.45. The molecule has 1 heterocycles. The van der Waals surface area contributed by atoms with Crippen LogP contribution in [0.25, 0.3) is 10.9 Å². The number of rotatable bonds is 5. The number of nitrogens with zero attached hydrogens (tertiary/aromatic N) is 1. The van der Waals surface area contributed by atoms with Gasteiger partial charge < -0.3 is 10.4 Å². The lowest BCUT2D eigenvalue weighted by Crippen LogP contribution is -2.39. The zero-order valence-electron chi connectivity index (χ0n) is 11.0. The fraction of sp³-hybridized carbons (Fsp3) is 0.400. The van der Waals surface area contributed by atoms with Crippen molar-refractivity contribution in [2.45, 2.75) is 25.9 Å². The molecule has 0 aliphatic carbocycles. The lowest BCUT2D eigenvalue weighted by molar-refractivity contribution is 0.0610. The average molecular weight is 244 g/mol. The second-order valence-corrected chi connectivity index (χ2v) is 4.94. The van der Waals surface area contributed by atoms with E-state index in [1.807, 2.05) is 38.1 Å². The highest BCUT2D eigenvalue weighted by atomic mass is 16.3. The van der Waals surface area contributed by atoms with Gasteiger partial charge in [-0.25, -0.2) is 0 Å². The lowest BCUT2D eigenvalue weighted by Gasteiger charge is -2.24. The highest BCUT2D eigenvalue weighted by molar-refractivity contribution is 5.81. The Kier molecular flexibility index (Phi) is 3.94. The summed E-state index contributed by atoms with van der Waals surface area (Å²) in [7, 11) is 0. The van der Waals surface area contributed by atoms with E-state index in [0.29, 0.717) is 13.0 Å². The van der Waals surface area contributed by atoms with Crippen molar-refractivity contribution in [3.8, 4) is 0 Å². The van der Waals surface area contributed by atoms with Crippen LogP contribution in [0.3, 0.4) is 0 Å². The molecule has 3 heteroatoms. The molecular weight excluding hydrogens is 224 g/mol. The fourth-order valence-electron chi connectivity index (χ4n) is 2.18. The van der Waals surface area contributed by atoms with Crippen molar-refractivity contribution in [2.75, 3.05) is 13.1 Å². The summed E-state index contributed by atoms with van der Waals surface area (Å²) in [6, 6.07) is 10.0. The summed E-state index contributed by atoms with van der Waals surface area (Å²) in [6.07, 6.45) is 2.43. The minimum absolute atomic E-state index is 0.597. The first-order valence-electron chi connectivity index (χ1n) is 6.38. The molecule has 0 aliphatic heterocycles. The fourth-order valence-corrected chi connectivity index (χ4v) is 2.18. The minimum atomic E-state index is -0.736. The molecule has 0 aliphatic rings. The molecule has 18 heavy (non-hydrogen) atoms. The summed E-state index contributed by atoms with van der Waals surface area (Å²) in [6.45, 7) is 5.37. The maximum Gasteiger partial charge on any atom is 0.0783 e. The van der Waals surface area contributed by atoms with Gasteiger partial charge in [-0.05, 0) is 31.2 Å². The van der Waals surface area contributed by atoms with E-state index in [2.05, 4.69) is 16.4 Å². The van der Waals surface area contributed by atoms with E-state index in [9.17, 15) is 5.11 Å². The molecule has 96 valence electrons. The number of nitrogens with one attached hydrogen (secondary N) is 1. The zero-order valence-corrected chi connectivity index (χ0v) is 11.0. The second kappa shape index (κ2) is 5.46. The van der Waals surface area contributed by atoms with E-state index in [1.165, 1.54) is 0 Å². The number of benzene rings is 1. The molecule has 1 aromatic carbocycles. The van der Waals surface area contributed by atoms with Crippen molar-refractivity contribution >= 4 is 10.9 Å². The summed E-state index contributed by atoms with van der Waals surface area (Å²) < 4.78 is 0. The molecule has 3 nitrogen and oxygen atoms in total. The van der Waals surface area contributed by atoms with Crippen molar-refractivity contribution in [1.29, 1.82) is 0 Å². The summed E-state index contributed by atoms with van der Waals surface area (Å²) in [5, 5.41) is 14.7. The molecule has 0 fully saturated rings. The van der Waals surface area contributed by atoms with E-state index in [4.69, 9.17) is 0 Å². The molecule has 0 radical (unpaired) electrons. The topological polar surface area (TPSA) is 45.1 Å². The summed E-state index contributed by atoms with van der Waals surface area (Å²) in [5.41, 5.74) is 1.39. The second-order valence-electron chi connectivity index (χ2n) is 4.94. The van der Waals surface area contributed by atoms with Crippen molar-refractivity contribution in [2.24, 2.45) is 0 Å². The molecule has 2 N–H and O–H groups in total. The first kappa shape index (κ1) is 13.0. The Bertz CT molecular complexity index is 517. The van der Waals surface area contributed by atoms with Crippen molar-refractivity contribution < 1.29 is 5.11 Å². The Morgan fingerprint density at radius 1 is 1.28 bits per heavy atom. The first-order valence-corrected chi connectivity index (χ1v) is 6.38. The lowest BCUT2D eigenvalue weighted by atomic mass is 9.94. The third-order valence-electron chi connectivity index (χ3n) is 3.07. The standard InChI is InChI=1S/C15H20N2O/c1-3-16-11-15(2,18)10-12-8-9-17-14-7-5-4-6-13(12)14/h4-9,16,18H,3,10-11H2,1-2H3. The number of likely N-dealkylation sites (N-methyl/N-ethyl adjacent to an activating group) is 1. The Morgan fingerprint density at radius 3 is 2.83 bits per heavy atom. The molecule has 0 amide bonds. The highest BCUT2D eigenvalue weighted by Gasteiger charge is 2.21. The van der Waals surface area contributed by atoms with Gasteiger partial charge in [-0.3, -0.25) is 4.98 Å². The normalized spacial score (nSPS) is 14.6. The predicted octanol–water partition coefficient (Wildman–Crippen LogP) is 2.14. The molecule has 0 saturated heterocycles. The van der Waals surface area contributed by atoms with Gasteiger partial charge in [0.1, 0.15) is 0 Å². The van der Waals surface area contributed by atoms with Gasteiger partial charge >= 0.3 is 0 Å². The van der Waals surface area contributed by atoms with Gasteiger partial charge in [-0.15, -0.1) is 0 Å². The first-order chi connectivity index (χ1) is 8.62. The average Bonchev–Trinajstić information content (AvgIpc) is 2.37. The van der Waals surface area contributed by atoms with Gasteiger partial charge in [0.15, 0.2) is 0 Å². The molecule has 0 spiro atoms. The highest BCUT2D eigenvalue weighted by Crippen LogP contribution is 2.20. The molecule has 1 atom stereocenters. The maximum atomic E-state index is 10.4. The van der Waals surface area contributed by atoms with Crippen LogP contribution in [-0.4, -0.2) is 28.8 Å². The van der Waals surface area contributed by atoms with Crippen LogP contribution in [0.5, 0.6) is 0 Å². The number of pyridine rings is 1. The summed E-state index contributed by atoms with van der Waals surface area (Å²) >= 11 is 0. The van der Waals surface area contributed by atoms with E-state index in [0.717, 1.165) is 23.0 Å². The quantitative estimate of drug-likeness (QED) is 0.847. The SMILES string of the molecule is CCNCC(C)(O)Cc1ccnc2ccccc12. The molecule has 2 rings (SSSR count). The Morgan fingerprint density at radius 2 is 2.06 bits per heavy atom. The number of hydrogen-bond acceptors (Lipinski definition) is 3. The third-order valence-corrected chi connectivity index (χ3v) is 3.07. The maximum absolute atomic E-state index is 10.4. The molecule has 0 saturated carbocycles. The van der Waals surface area contributed by atoms with Gasteiger partial charge in [0.05, 0.1) is 11.1 Å². The Labute approximate surface area is 108 Å². The van der Waals surface area contributed by atoms with Gasteiger partial charge in [0.2, 0.25) is 0 Å². The predicted molar refractivity (Wildman–Crippen MR) is 74.6 cm³/mol. The molecule has 1 unspecified atom stereocenters. The number of para-hydroxylation sites is 1. The van der Waals surface area contributed by atoms with E-state index < -0.39 is 5.60 Å². The number of hydrogen-bond donors (Lipinski definition) is 2. The smallest absolute Gasteiger partial charge is 0.0783 e. The van der Waals surface area contributed by atoms with Gasteiger partial charge in [0, 0.05) is 24.5 Å². The third kappa shape index (κ3) is 3.06. The van der Waals surface area contributed by atoms with Crippen molar-refractivity contribution in [1.82, 2.24) is 10.3 Å². The molecular formula is C15H20N2O. The van der Waals surface area contributed by atoms with E-state index >= 15 is 0 Å². The zero-order chi connectivity index (χ0) is 13.0. The number of aromatic nitrogens is 1. The summed E-state index contributed by atoms with van der Waals surface area (Å²) in [4.78, 5) is 4.34. The van der Waals surface area contributed by atoms with Crippen LogP contribution in [0.15, 0.2) is 36.5 Å². The van der Waals surface area contributed by atoms with Crippen LogP contribution in [0.1, 0.15) is 19.4 Å². The van der Waals surface area contributed by atoms with Crippen LogP contribution in [-0.2, 0) is 6.42 Å². The van der Waals surface area contributed by atoms with Crippen molar-refractivity contribution in [3.63, 3.8) is 0 Å². The van der Waals surface area contributed by atoms with Crippen LogP contribution >= 0.6 is 0 Å². The monoisotopic (exact) mass is 244 g/mol. The van der Waals surface area contributed by atoms with Gasteiger partial charge in [-0.2, -0.15) is 0 Å². The largest absolute Gasteiger partial charge is 0.389 e. The number of fused-ring (bicyclic) bond motifs is 1. The van der Waals surface area contributed by atoms with Crippen LogP contribution in [0.2, 0.25) is 0 Å². The van der Waals surface area contributed by atoms with E-state index in [-0.39, 0.29) is 0 Å². The van der Waals surface area contributed by atoms with Crippen LogP contribution in [0.4, 0.5) is 0 Å². The van der Waals surface area contributed by atoms with Crippen LogP contribution in [0, 0.1) is 0 Å². The molecule has 1 aromatic heterocycles. The van der Waals surface area contributed by atoms with Gasteiger partial charge in [0.25, 0.3) is 0 Å². The Balaban J connectivity index is 2.26. The molecule has 0 bridgehead atoms. The molecule has 2 aromatic rings. The number of aliphatic hydroxyl groups is 1. The minimum Gasteiger partial charge on any atom is -0.389 e.